The molecule has 0 atom stereocenters. The molecule has 1 saturated heterocycles. The van der Waals surface area contributed by atoms with Gasteiger partial charge in [-0.15, -0.1) is 0 Å². The van der Waals surface area contributed by atoms with E-state index in [-0.39, 0.29) is 12.3 Å². The van der Waals surface area contributed by atoms with E-state index in [1.54, 1.807) is 18.3 Å². The molecule has 2 N–H and O–H groups in total. The molecular weight excluding hydrogens is 463 g/mol. The number of hydrogen-bond donors (Lipinski definition) is 2. The number of ether oxygens (including phenoxy) is 2. The highest BCUT2D eigenvalue weighted by Crippen LogP contribution is 2.18. The van der Waals surface area contributed by atoms with Crippen LogP contribution in [0.25, 0.3) is 0 Å². The Morgan fingerprint density at radius 3 is 2.81 bits per heavy atom. The fourth-order valence-corrected chi connectivity index (χ4v) is 3.63. The molecule has 4 rings (SSSR count). The van der Waals surface area contributed by atoms with E-state index in [4.69, 9.17) is 14.5 Å². The largest absolute Gasteiger partial charge is 0.449 e. The van der Waals surface area contributed by atoms with Crippen LogP contribution < -0.4 is 15.6 Å². The SMILES string of the molecule is Cc1cccc(/C=N/Nc2cc(N3CCOCC3)nc(CCCOC(=O)Nc3ccccc3F)n2)c1. The van der Waals surface area contributed by atoms with Crippen LogP contribution in [0.4, 0.5) is 26.5 Å². The minimum atomic E-state index is -0.712. The first-order chi connectivity index (χ1) is 17.6. The summed E-state index contributed by atoms with van der Waals surface area (Å²) in [7, 11) is 0. The molecule has 2 heterocycles. The molecule has 36 heavy (non-hydrogen) atoms. The second kappa shape index (κ2) is 12.6. The number of aryl methyl sites for hydroxylation is 2. The molecule has 0 aliphatic carbocycles. The lowest BCUT2D eigenvalue weighted by Crippen LogP contribution is -2.37. The number of halogens is 1. The van der Waals surface area contributed by atoms with Gasteiger partial charge in [0.05, 0.1) is 31.7 Å². The van der Waals surface area contributed by atoms with E-state index in [9.17, 15) is 9.18 Å². The number of para-hydroxylation sites is 1. The lowest BCUT2D eigenvalue weighted by Gasteiger charge is -2.28. The molecule has 188 valence electrons. The maximum absolute atomic E-state index is 13.7. The van der Waals surface area contributed by atoms with Crippen molar-refractivity contribution in [3.63, 3.8) is 0 Å². The molecule has 0 bridgehead atoms. The molecule has 10 heteroatoms. The van der Waals surface area contributed by atoms with Crippen molar-refractivity contribution in [3.8, 4) is 0 Å². The van der Waals surface area contributed by atoms with Crippen LogP contribution in [0, 0.1) is 12.7 Å². The number of benzene rings is 2. The zero-order valence-electron chi connectivity index (χ0n) is 20.1. The maximum Gasteiger partial charge on any atom is 0.411 e. The zero-order chi connectivity index (χ0) is 25.2. The third-order valence-corrected chi connectivity index (χ3v) is 5.42. The number of carbonyl (C=O) groups excluding carboxylic acids is 1. The van der Waals surface area contributed by atoms with Gasteiger partial charge in [0, 0.05) is 25.6 Å². The smallest absolute Gasteiger partial charge is 0.411 e. The second-order valence-corrected chi connectivity index (χ2v) is 8.26. The first-order valence-corrected chi connectivity index (χ1v) is 11.8. The lowest BCUT2D eigenvalue weighted by atomic mass is 10.2. The third kappa shape index (κ3) is 7.47. The predicted octanol–water partition coefficient (Wildman–Crippen LogP) is 4.39. The molecule has 1 aliphatic heterocycles. The molecule has 1 amide bonds. The van der Waals surface area contributed by atoms with Crippen molar-refractivity contribution in [2.75, 3.05) is 48.6 Å². The standard InChI is InChI=1S/C26H29FN6O3/c1-19-6-4-7-20(16-19)18-28-32-24-17-25(33-11-14-35-15-12-33)31-23(30-24)10-5-13-36-26(34)29-22-9-3-2-8-21(22)27/h2-4,6-9,16-18H,5,10-15H2,1H3,(H,29,34)(H,30,31,32)/b28-18+. The Labute approximate surface area is 209 Å². The van der Waals surface area contributed by atoms with Crippen molar-refractivity contribution in [3.05, 3.63) is 77.4 Å². The van der Waals surface area contributed by atoms with E-state index >= 15 is 0 Å². The van der Waals surface area contributed by atoms with Gasteiger partial charge in [-0.2, -0.15) is 5.10 Å². The summed E-state index contributed by atoms with van der Waals surface area (Å²) in [5.41, 5.74) is 5.22. The number of amides is 1. The Balaban J connectivity index is 1.36. The molecular formula is C26H29FN6O3. The topological polar surface area (TPSA) is 101 Å². The highest BCUT2D eigenvalue weighted by atomic mass is 19.1. The summed E-state index contributed by atoms with van der Waals surface area (Å²) < 4.78 is 24.3. The van der Waals surface area contributed by atoms with Crippen LogP contribution in [0.15, 0.2) is 59.7 Å². The van der Waals surface area contributed by atoms with Gasteiger partial charge in [-0.3, -0.25) is 10.7 Å². The number of nitrogens with zero attached hydrogens (tertiary/aromatic N) is 4. The molecule has 0 radical (unpaired) electrons. The highest BCUT2D eigenvalue weighted by Gasteiger charge is 2.15. The Morgan fingerprint density at radius 2 is 2.00 bits per heavy atom. The van der Waals surface area contributed by atoms with Crippen LogP contribution in [0.2, 0.25) is 0 Å². The van der Waals surface area contributed by atoms with Crippen molar-refractivity contribution in [2.24, 2.45) is 5.10 Å². The summed E-state index contributed by atoms with van der Waals surface area (Å²) in [5.74, 6) is 1.44. The van der Waals surface area contributed by atoms with Gasteiger partial charge in [-0.25, -0.2) is 19.2 Å². The molecule has 0 saturated carbocycles. The van der Waals surface area contributed by atoms with Crippen LogP contribution in [-0.2, 0) is 15.9 Å². The number of hydrazone groups is 1. The molecule has 1 fully saturated rings. The Morgan fingerprint density at radius 1 is 1.17 bits per heavy atom. The first-order valence-electron chi connectivity index (χ1n) is 11.8. The van der Waals surface area contributed by atoms with Crippen molar-refractivity contribution in [2.45, 2.75) is 19.8 Å². The Kier molecular flexibility index (Phi) is 8.77. The van der Waals surface area contributed by atoms with Gasteiger partial charge in [0.1, 0.15) is 17.5 Å². The van der Waals surface area contributed by atoms with Crippen LogP contribution in [-0.4, -0.2) is 55.2 Å². The molecule has 2 aromatic carbocycles. The molecule has 0 spiro atoms. The lowest BCUT2D eigenvalue weighted by molar-refractivity contribution is 0.122. The van der Waals surface area contributed by atoms with E-state index in [1.807, 2.05) is 37.3 Å². The summed E-state index contributed by atoms with van der Waals surface area (Å²) in [6, 6.07) is 15.8. The molecule has 9 nitrogen and oxygen atoms in total. The Bertz CT molecular complexity index is 1200. The van der Waals surface area contributed by atoms with E-state index in [0.717, 1.165) is 30.0 Å². The molecule has 3 aromatic rings. The zero-order valence-corrected chi connectivity index (χ0v) is 20.1. The number of rotatable bonds is 9. The predicted molar refractivity (Wildman–Crippen MR) is 137 cm³/mol. The van der Waals surface area contributed by atoms with Crippen LogP contribution in [0.1, 0.15) is 23.4 Å². The quantitative estimate of drug-likeness (QED) is 0.260. The Hall–Kier alpha value is -4.05. The van der Waals surface area contributed by atoms with E-state index < -0.39 is 11.9 Å². The summed E-state index contributed by atoms with van der Waals surface area (Å²) in [4.78, 5) is 23.4. The minimum absolute atomic E-state index is 0.0750. The van der Waals surface area contributed by atoms with Gasteiger partial charge in [0.15, 0.2) is 5.82 Å². The third-order valence-electron chi connectivity index (χ3n) is 5.42. The van der Waals surface area contributed by atoms with E-state index in [0.29, 0.717) is 37.7 Å². The minimum Gasteiger partial charge on any atom is -0.449 e. The fourth-order valence-electron chi connectivity index (χ4n) is 3.63. The van der Waals surface area contributed by atoms with Crippen LogP contribution in [0.5, 0.6) is 0 Å². The monoisotopic (exact) mass is 492 g/mol. The maximum atomic E-state index is 13.7. The van der Waals surface area contributed by atoms with Gasteiger partial charge >= 0.3 is 6.09 Å². The van der Waals surface area contributed by atoms with Gasteiger partial charge in [-0.05, 0) is 31.0 Å². The average molecular weight is 493 g/mol. The van der Waals surface area contributed by atoms with Crippen molar-refractivity contribution in [1.82, 2.24) is 9.97 Å². The van der Waals surface area contributed by atoms with Gasteiger partial charge in [-0.1, -0.05) is 42.0 Å². The number of hydrogen-bond acceptors (Lipinski definition) is 8. The number of aromatic nitrogens is 2. The molecule has 1 aliphatic rings. The van der Waals surface area contributed by atoms with Gasteiger partial charge in [0.2, 0.25) is 0 Å². The number of nitrogens with one attached hydrogen (secondary N) is 2. The van der Waals surface area contributed by atoms with Crippen molar-refractivity contribution >= 4 is 29.6 Å². The van der Waals surface area contributed by atoms with E-state index in [1.165, 1.54) is 12.1 Å². The number of morpholine rings is 1. The molecule has 0 unspecified atom stereocenters. The van der Waals surface area contributed by atoms with Crippen molar-refractivity contribution < 1.29 is 18.7 Å². The van der Waals surface area contributed by atoms with Gasteiger partial charge in [0.25, 0.3) is 0 Å². The summed E-state index contributed by atoms with van der Waals surface area (Å²) in [5, 5.41) is 6.73. The van der Waals surface area contributed by atoms with Gasteiger partial charge < -0.3 is 14.4 Å². The fraction of sp³-hybridized carbons (Fsp3) is 0.308. The first kappa shape index (κ1) is 25.1. The average Bonchev–Trinajstić information content (AvgIpc) is 2.88. The number of carbonyl (C=O) groups is 1. The molecule has 1 aromatic heterocycles. The van der Waals surface area contributed by atoms with E-state index in [2.05, 4.69) is 25.7 Å². The van der Waals surface area contributed by atoms with Crippen LogP contribution in [0.3, 0.4) is 0 Å². The number of anilines is 3. The summed E-state index contributed by atoms with van der Waals surface area (Å²) in [6.07, 6.45) is 2.02. The normalized spacial score (nSPS) is 13.6. The second-order valence-electron chi connectivity index (χ2n) is 8.26. The highest BCUT2D eigenvalue weighted by molar-refractivity contribution is 5.84. The van der Waals surface area contributed by atoms with Crippen LogP contribution >= 0.6 is 0 Å². The summed E-state index contributed by atoms with van der Waals surface area (Å²) in [6.45, 7) is 4.92. The summed E-state index contributed by atoms with van der Waals surface area (Å²) >= 11 is 0. The van der Waals surface area contributed by atoms with Crippen molar-refractivity contribution in [1.29, 1.82) is 0 Å².